The van der Waals surface area contributed by atoms with Gasteiger partial charge in [0.1, 0.15) is 0 Å². The first-order valence-electron chi connectivity index (χ1n) is 8.21. The van der Waals surface area contributed by atoms with Gasteiger partial charge in [-0.15, -0.1) is 0 Å². The molecular formula is C17H24N4. The van der Waals surface area contributed by atoms with Crippen LogP contribution in [0.5, 0.6) is 0 Å². The summed E-state index contributed by atoms with van der Waals surface area (Å²) in [5, 5.41) is 8.44. The lowest BCUT2D eigenvalue weighted by molar-refractivity contribution is 0.375. The maximum atomic E-state index is 4.57. The molecule has 2 aromatic heterocycles. The topological polar surface area (TPSA) is 42.2 Å². The summed E-state index contributed by atoms with van der Waals surface area (Å²) in [4.78, 5) is 4.57. The molecule has 1 atom stereocenters. The molecule has 0 aromatic carbocycles. The summed E-state index contributed by atoms with van der Waals surface area (Å²) in [6, 6.07) is 3.10. The van der Waals surface area contributed by atoms with Gasteiger partial charge in [-0.3, -0.25) is 0 Å². The Morgan fingerprint density at radius 2 is 1.86 bits per heavy atom. The number of rotatable bonds is 5. The van der Waals surface area contributed by atoms with Crippen LogP contribution in [0.3, 0.4) is 0 Å². The third-order valence-electron chi connectivity index (χ3n) is 5.05. The molecule has 0 aliphatic heterocycles. The number of hydrogen-bond acceptors (Lipinski definition) is 3. The standard InChI is InChI=1S/C17H24N4/c1-10-8-16-18-9-15(12(3)21(16)20-10)11(2)19-17(13-4-5-13)14-6-7-14/h8-9,11,13-14,17,19H,4-7H2,1-3H3. The van der Waals surface area contributed by atoms with Crippen molar-refractivity contribution in [1.29, 1.82) is 0 Å². The largest absolute Gasteiger partial charge is 0.307 e. The fourth-order valence-corrected chi connectivity index (χ4v) is 3.55. The zero-order valence-corrected chi connectivity index (χ0v) is 13.1. The van der Waals surface area contributed by atoms with Crippen LogP contribution in [0.15, 0.2) is 12.3 Å². The van der Waals surface area contributed by atoms with Crippen molar-refractivity contribution < 1.29 is 0 Å². The van der Waals surface area contributed by atoms with Gasteiger partial charge >= 0.3 is 0 Å². The molecule has 4 rings (SSSR count). The second-order valence-electron chi connectivity index (χ2n) is 6.94. The number of aryl methyl sites for hydroxylation is 2. The quantitative estimate of drug-likeness (QED) is 0.917. The second-order valence-corrected chi connectivity index (χ2v) is 6.94. The molecule has 2 aliphatic rings. The van der Waals surface area contributed by atoms with Gasteiger partial charge in [-0.2, -0.15) is 5.10 Å². The first kappa shape index (κ1) is 13.3. The Balaban J connectivity index is 1.60. The first-order chi connectivity index (χ1) is 10.1. The van der Waals surface area contributed by atoms with Crippen molar-refractivity contribution >= 4 is 5.65 Å². The number of aromatic nitrogens is 3. The average molecular weight is 284 g/mol. The normalized spacial score (nSPS) is 20.4. The fraction of sp³-hybridized carbons (Fsp3) is 0.647. The summed E-state index contributed by atoms with van der Waals surface area (Å²) in [6.07, 6.45) is 7.68. The molecule has 0 amide bonds. The Morgan fingerprint density at radius 3 is 2.48 bits per heavy atom. The lowest BCUT2D eigenvalue weighted by Gasteiger charge is -2.24. The first-order valence-corrected chi connectivity index (χ1v) is 8.21. The highest BCUT2D eigenvalue weighted by atomic mass is 15.3. The molecule has 0 radical (unpaired) electrons. The van der Waals surface area contributed by atoms with Gasteiger partial charge in [0.25, 0.3) is 0 Å². The summed E-state index contributed by atoms with van der Waals surface area (Å²) in [6.45, 7) is 6.44. The molecule has 2 heterocycles. The van der Waals surface area contributed by atoms with Crippen molar-refractivity contribution in [3.8, 4) is 0 Å². The molecule has 2 saturated carbocycles. The second kappa shape index (κ2) is 4.80. The molecule has 0 bridgehead atoms. The van der Waals surface area contributed by atoms with Crippen LogP contribution in [0.2, 0.25) is 0 Å². The van der Waals surface area contributed by atoms with Crippen molar-refractivity contribution in [3.05, 3.63) is 29.2 Å². The van der Waals surface area contributed by atoms with Crippen LogP contribution < -0.4 is 5.32 Å². The van der Waals surface area contributed by atoms with E-state index < -0.39 is 0 Å². The molecule has 4 nitrogen and oxygen atoms in total. The summed E-state index contributed by atoms with van der Waals surface area (Å²) < 4.78 is 1.98. The van der Waals surface area contributed by atoms with Crippen molar-refractivity contribution in [3.63, 3.8) is 0 Å². The summed E-state index contributed by atoms with van der Waals surface area (Å²) in [7, 11) is 0. The summed E-state index contributed by atoms with van der Waals surface area (Å²) in [5.74, 6) is 1.84. The Kier molecular flexibility index (Phi) is 3.03. The average Bonchev–Trinajstić information content (AvgIpc) is 3.34. The van der Waals surface area contributed by atoms with E-state index in [9.17, 15) is 0 Å². The Morgan fingerprint density at radius 1 is 1.19 bits per heavy atom. The zero-order chi connectivity index (χ0) is 14.6. The monoisotopic (exact) mass is 284 g/mol. The van der Waals surface area contributed by atoms with E-state index in [1.165, 1.54) is 36.9 Å². The van der Waals surface area contributed by atoms with E-state index in [4.69, 9.17) is 0 Å². The predicted molar refractivity (Wildman–Crippen MR) is 83.2 cm³/mol. The van der Waals surface area contributed by atoms with Crippen molar-refractivity contribution in [2.24, 2.45) is 11.8 Å². The van der Waals surface area contributed by atoms with Crippen LogP contribution in [0, 0.1) is 25.7 Å². The third kappa shape index (κ3) is 2.46. The van der Waals surface area contributed by atoms with Gasteiger partial charge in [0.2, 0.25) is 0 Å². The SMILES string of the molecule is Cc1cc2ncc(C(C)NC(C3CC3)C3CC3)c(C)n2n1. The van der Waals surface area contributed by atoms with E-state index in [-0.39, 0.29) is 0 Å². The molecule has 4 heteroatoms. The molecule has 112 valence electrons. The summed E-state index contributed by atoms with van der Waals surface area (Å²) in [5.41, 5.74) is 4.45. The molecule has 1 N–H and O–H groups in total. The van der Waals surface area contributed by atoms with Gasteiger partial charge in [-0.05, 0) is 58.3 Å². The molecule has 2 aliphatic carbocycles. The zero-order valence-electron chi connectivity index (χ0n) is 13.1. The molecule has 0 saturated heterocycles. The Labute approximate surface area is 126 Å². The Hall–Kier alpha value is -1.42. The van der Waals surface area contributed by atoms with Crippen molar-refractivity contribution in [2.45, 2.75) is 58.5 Å². The van der Waals surface area contributed by atoms with Gasteiger partial charge in [-0.1, -0.05) is 0 Å². The molecule has 0 spiro atoms. The highest BCUT2D eigenvalue weighted by Crippen LogP contribution is 2.45. The van der Waals surface area contributed by atoms with Crippen molar-refractivity contribution in [1.82, 2.24) is 19.9 Å². The minimum atomic E-state index is 0.345. The lowest BCUT2D eigenvalue weighted by Crippen LogP contribution is -2.35. The van der Waals surface area contributed by atoms with E-state index in [0.717, 1.165) is 29.2 Å². The predicted octanol–water partition coefficient (Wildman–Crippen LogP) is 3.19. The van der Waals surface area contributed by atoms with Crippen LogP contribution in [0.4, 0.5) is 0 Å². The van der Waals surface area contributed by atoms with Crippen LogP contribution in [-0.4, -0.2) is 20.6 Å². The van der Waals surface area contributed by atoms with E-state index in [2.05, 4.69) is 29.2 Å². The third-order valence-corrected chi connectivity index (χ3v) is 5.05. The highest BCUT2D eigenvalue weighted by Gasteiger charge is 2.41. The minimum absolute atomic E-state index is 0.345. The molecule has 2 fully saturated rings. The number of nitrogens with zero attached hydrogens (tertiary/aromatic N) is 3. The Bertz CT molecular complexity index is 655. The molecular weight excluding hydrogens is 260 g/mol. The van der Waals surface area contributed by atoms with Crippen molar-refractivity contribution in [2.75, 3.05) is 0 Å². The van der Waals surface area contributed by atoms with Gasteiger partial charge in [0.15, 0.2) is 5.65 Å². The minimum Gasteiger partial charge on any atom is -0.307 e. The maximum absolute atomic E-state index is 4.57. The molecule has 2 aromatic rings. The van der Waals surface area contributed by atoms with Gasteiger partial charge in [0, 0.05) is 35.6 Å². The van der Waals surface area contributed by atoms with E-state index in [1.807, 2.05) is 23.7 Å². The maximum Gasteiger partial charge on any atom is 0.155 e. The van der Waals surface area contributed by atoms with Gasteiger partial charge in [-0.25, -0.2) is 9.50 Å². The molecule has 21 heavy (non-hydrogen) atoms. The van der Waals surface area contributed by atoms with Crippen LogP contribution >= 0.6 is 0 Å². The van der Waals surface area contributed by atoms with Gasteiger partial charge in [0.05, 0.1) is 5.69 Å². The number of fused-ring (bicyclic) bond motifs is 1. The van der Waals surface area contributed by atoms with E-state index in [1.54, 1.807) is 0 Å². The van der Waals surface area contributed by atoms with Crippen LogP contribution in [-0.2, 0) is 0 Å². The van der Waals surface area contributed by atoms with Crippen LogP contribution in [0.25, 0.3) is 5.65 Å². The van der Waals surface area contributed by atoms with Crippen LogP contribution in [0.1, 0.15) is 55.6 Å². The van der Waals surface area contributed by atoms with Gasteiger partial charge < -0.3 is 5.32 Å². The smallest absolute Gasteiger partial charge is 0.155 e. The fourth-order valence-electron chi connectivity index (χ4n) is 3.55. The number of nitrogens with one attached hydrogen (secondary N) is 1. The summed E-state index contributed by atoms with van der Waals surface area (Å²) >= 11 is 0. The number of hydrogen-bond donors (Lipinski definition) is 1. The molecule has 1 unspecified atom stereocenters. The van der Waals surface area contributed by atoms with E-state index >= 15 is 0 Å². The highest BCUT2D eigenvalue weighted by molar-refractivity contribution is 5.42. The van der Waals surface area contributed by atoms with E-state index in [0.29, 0.717) is 6.04 Å². The lowest BCUT2D eigenvalue weighted by atomic mass is 10.0.